The van der Waals surface area contributed by atoms with Crippen LogP contribution in [0, 0.1) is 0 Å². The van der Waals surface area contributed by atoms with E-state index in [0.717, 1.165) is 24.9 Å². The average molecular weight is 365 g/mol. The van der Waals surface area contributed by atoms with E-state index in [-0.39, 0.29) is 12.0 Å². The molecular formula is C17H21ClN4O3. The van der Waals surface area contributed by atoms with Crippen LogP contribution in [0.1, 0.15) is 18.7 Å². The van der Waals surface area contributed by atoms with Crippen molar-refractivity contribution in [3.05, 3.63) is 35.2 Å². The molecular weight excluding hydrogens is 344 g/mol. The van der Waals surface area contributed by atoms with Crippen LogP contribution in [0.5, 0.6) is 0 Å². The number of halogens is 1. The van der Waals surface area contributed by atoms with Gasteiger partial charge in [-0.2, -0.15) is 4.98 Å². The first-order chi connectivity index (χ1) is 12.1. The highest BCUT2D eigenvalue weighted by molar-refractivity contribution is 6.30. The van der Waals surface area contributed by atoms with E-state index in [1.807, 2.05) is 17.0 Å². The van der Waals surface area contributed by atoms with Gasteiger partial charge in [-0.05, 0) is 43.7 Å². The monoisotopic (exact) mass is 364 g/mol. The summed E-state index contributed by atoms with van der Waals surface area (Å²) in [5.41, 5.74) is 0.826. The molecule has 0 aliphatic carbocycles. The summed E-state index contributed by atoms with van der Waals surface area (Å²) in [6.45, 7) is 2.13. The quantitative estimate of drug-likeness (QED) is 0.807. The van der Waals surface area contributed by atoms with Crippen LogP contribution in [0.15, 0.2) is 28.8 Å². The second kappa shape index (κ2) is 8.42. The molecule has 25 heavy (non-hydrogen) atoms. The van der Waals surface area contributed by atoms with Gasteiger partial charge < -0.3 is 14.9 Å². The smallest absolute Gasteiger partial charge is 0.234 e. The second-order valence-electron chi connectivity index (χ2n) is 6.15. The standard InChI is InChI=1S/C17H21ClN4O3/c18-13-5-3-12(4-6-13)17-20-16(25-21-17)7-8-19-15(24)11-22-9-1-2-14(23)10-22/h3-6,14,23H,1-2,7-11H2,(H,19,24)/t14-/m0/s1. The van der Waals surface area contributed by atoms with Crippen LogP contribution in [0.25, 0.3) is 11.4 Å². The fraction of sp³-hybridized carbons (Fsp3) is 0.471. The predicted octanol–water partition coefficient (Wildman–Crippen LogP) is 1.51. The Morgan fingerprint density at radius 2 is 2.20 bits per heavy atom. The largest absolute Gasteiger partial charge is 0.392 e. The molecule has 0 saturated carbocycles. The third kappa shape index (κ3) is 5.26. The zero-order valence-electron chi connectivity index (χ0n) is 13.8. The van der Waals surface area contributed by atoms with Crippen molar-refractivity contribution in [2.45, 2.75) is 25.4 Å². The van der Waals surface area contributed by atoms with Gasteiger partial charge in [0, 0.05) is 30.1 Å². The molecule has 1 aromatic heterocycles. The molecule has 2 heterocycles. The molecule has 0 spiro atoms. The van der Waals surface area contributed by atoms with E-state index in [0.29, 0.717) is 42.8 Å². The Labute approximate surface area is 151 Å². The van der Waals surface area contributed by atoms with Gasteiger partial charge in [-0.3, -0.25) is 9.69 Å². The fourth-order valence-electron chi connectivity index (χ4n) is 2.82. The Bertz CT molecular complexity index is 704. The van der Waals surface area contributed by atoms with Crippen molar-refractivity contribution in [1.82, 2.24) is 20.4 Å². The molecule has 2 aromatic rings. The fourth-order valence-corrected chi connectivity index (χ4v) is 2.94. The third-order valence-electron chi connectivity index (χ3n) is 4.08. The van der Waals surface area contributed by atoms with Gasteiger partial charge in [-0.15, -0.1) is 0 Å². The Morgan fingerprint density at radius 1 is 1.40 bits per heavy atom. The topological polar surface area (TPSA) is 91.5 Å². The van der Waals surface area contributed by atoms with Gasteiger partial charge in [-0.25, -0.2) is 0 Å². The van der Waals surface area contributed by atoms with E-state index < -0.39 is 0 Å². The molecule has 1 saturated heterocycles. The minimum atomic E-state index is -0.328. The van der Waals surface area contributed by atoms with E-state index in [1.54, 1.807) is 12.1 Å². The first-order valence-electron chi connectivity index (χ1n) is 8.36. The zero-order chi connectivity index (χ0) is 17.6. The SMILES string of the molecule is O=C(CN1CCC[C@H](O)C1)NCCc1nc(-c2ccc(Cl)cc2)no1. The lowest BCUT2D eigenvalue weighted by molar-refractivity contribution is -0.122. The number of carbonyl (C=O) groups is 1. The molecule has 0 unspecified atom stereocenters. The van der Waals surface area contributed by atoms with Crippen molar-refractivity contribution in [2.75, 3.05) is 26.2 Å². The van der Waals surface area contributed by atoms with Crippen molar-refractivity contribution in [1.29, 1.82) is 0 Å². The molecule has 1 fully saturated rings. The predicted molar refractivity (Wildman–Crippen MR) is 93.1 cm³/mol. The Kier molecular flexibility index (Phi) is 6.01. The first kappa shape index (κ1) is 17.8. The highest BCUT2D eigenvalue weighted by Gasteiger charge is 2.19. The van der Waals surface area contributed by atoms with Gasteiger partial charge in [-0.1, -0.05) is 16.8 Å². The van der Waals surface area contributed by atoms with Crippen LogP contribution in [0.4, 0.5) is 0 Å². The number of aromatic nitrogens is 2. The normalized spacial score (nSPS) is 18.2. The van der Waals surface area contributed by atoms with Crippen LogP contribution in [-0.2, 0) is 11.2 Å². The number of aliphatic hydroxyl groups excluding tert-OH is 1. The van der Waals surface area contributed by atoms with Crippen LogP contribution in [-0.4, -0.2) is 58.3 Å². The Hall–Kier alpha value is -1.96. The van der Waals surface area contributed by atoms with Gasteiger partial charge in [0.1, 0.15) is 0 Å². The molecule has 7 nitrogen and oxygen atoms in total. The molecule has 0 bridgehead atoms. The number of hydrogen-bond acceptors (Lipinski definition) is 6. The number of carbonyl (C=O) groups excluding carboxylic acids is 1. The van der Waals surface area contributed by atoms with Gasteiger partial charge in [0.15, 0.2) is 0 Å². The number of rotatable bonds is 6. The number of benzene rings is 1. The Balaban J connectivity index is 1.43. The lowest BCUT2D eigenvalue weighted by Crippen LogP contribution is -2.44. The lowest BCUT2D eigenvalue weighted by atomic mass is 10.1. The summed E-state index contributed by atoms with van der Waals surface area (Å²) >= 11 is 5.86. The molecule has 1 aromatic carbocycles. The van der Waals surface area contributed by atoms with Gasteiger partial charge in [0.25, 0.3) is 0 Å². The zero-order valence-corrected chi connectivity index (χ0v) is 14.6. The molecule has 8 heteroatoms. The highest BCUT2D eigenvalue weighted by Crippen LogP contribution is 2.18. The van der Waals surface area contributed by atoms with E-state index >= 15 is 0 Å². The average Bonchev–Trinajstić information content (AvgIpc) is 3.04. The van der Waals surface area contributed by atoms with Crippen LogP contribution in [0.2, 0.25) is 5.02 Å². The van der Waals surface area contributed by atoms with Crippen LogP contribution in [0.3, 0.4) is 0 Å². The van der Waals surface area contributed by atoms with Gasteiger partial charge >= 0.3 is 0 Å². The number of piperidine rings is 1. The summed E-state index contributed by atoms with van der Waals surface area (Å²) in [5.74, 6) is 0.908. The lowest BCUT2D eigenvalue weighted by Gasteiger charge is -2.29. The number of hydrogen-bond donors (Lipinski definition) is 2. The van der Waals surface area contributed by atoms with E-state index in [9.17, 15) is 9.90 Å². The summed E-state index contributed by atoms with van der Waals surface area (Å²) in [7, 11) is 0. The maximum absolute atomic E-state index is 12.0. The highest BCUT2D eigenvalue weighted by atomic mass is 35.5. The van der Waals surface area contributed by atoms with E-state index in [1.165, 1.54) is 0 Å². The third-order valence-corrected chi connectivity index (χ3v) is 4.33. The molecule has 0 radical (unpaired) electrons. The number of nitrogens with zero attached hydrogens (tertiary/aromatic N) is 3. The number of nitrogens with one attached hydrogen (secondary N) is 1. The Morgan fingerprint density at radius 3 is 2.96 bits per heavy atom. The van der Waals surface area contributed by atoms with E-state index in [2.05, 4.69) is 15.5 Å². The maximum Gasteiger partial charge on any atom is 0.234 e. The van der Waals surface area contributed by atoms with Crippen LogP contribution < -0.4 is 5.32 Å². The second-order valence-corrected chi connectivity index (χ2v) is 6.59. The van der Waals surface area contributed by atoms with Crippen molar-refractivity contribution >= 4 is 17.5 Å². The number of β-amino-alcohol motifs (C(OH)–C–C–N with tert-alkyl or cyclic N) is 1. The summed E-state index contributed by atoms with van der Waals surface area (Å²) in [5, 5.41) is 17.1. The van der Waals surface area contributed by atoms with E-state index in [4.69, 9.17) is 16.1 Å². The van der Waals surface area contributed by atoms with Gasteiger partial charge in [0.2, 0.25) is 17.6 Å². The van der Waals surface area contributed by atoms with Crippen LogP contribution >= 0.6 is 11.6 Å². The number of amides is 1. The van der Waals surface area contributed by atoms with Gasteiger partial charge in [0.05, 0.1) is 12.6 Å². The molecule has 134 valence electrons. The molecule has 3 rings (SSSR count). The van der Waals surface area contributed by atoms with Crippen molar-refractivity contribution in [3.63, 3.8) is 0 Å². The first-order valence-corrected chi connectivity index (χ1v) is 8.73. The number of aliphatic hydroxyl groups is 1. The molecule has 1 aliphatic heterocycles. The summed E-state index contributed by atoms with van der Waals surface area (Å²) in [6.07, 6.45) is 1.87. The molecule has 1 atom stereocenters. The maximum atomic E-state index is 12.0. The van der Waals surface area contributed by atoms with Crippen molar-refractivity contribution in [3.8, 4) is 11.4 Å². The summed E-state index contributed by atoms with van der Waals surface area (Å²) in [6, 6.07) is 7.19. The molecule has 2 N–H and O–H groups in total. The molecule has 1 amide bonds. The minimum Gasteiger partial charge on any atom is -0.392 e. The number of likely N-dealkylation sites (tertiary alicyclic amines) is 1. The minimum absolute atomic E-state index is 0.0634. The van der Waals surface area contributed by atoms with Crippen molar-refractivity contribution < 1.29 is 14.4 Å². The summed E-state index contributed by atoms with van der Waals surface area (Å²) < 4.78 is 5.21. The van der Waals surface area contributed by atoms with Crippen molar-refractivity contribution in [2.24, 2.45) is 0 Å². The summed E-state index contributed by atoms with van der Waals surface area (Å²) in [4.78, 5) is 18.2. The molecule has 1 aliphatic rings.